The Morgan fingerprint density at radius 1 is 1.36 bits per heavy atom. The molecule has 0 aliphatic rings. The van der Waals surface area contributed by atoms with Crippen LogP contribution in [0.1, 0.15) is 5.69 Å². The number of carbonyl (C=O) groups is 1. The zero-order valence-corrected chi connectivity index (χ0v) is 7.60. The van der Waals surface area contributed by atoms with E-state index in [-0.39, 0.29) is 5.75 Å². The molecule has 0 fully saturated rings. The Morgan fingerprint density at radius 2 is 2.07 bits per heavy atom. The lowest BCUT2D eigenvalue weighted by Gasteiger charge is -2.03. The van der Waals surface area contributed by atoms with Crippen LogP contribution in [0.4, 0.5) is 13.2 Å². The maximum absolute atomic E-state index is 12.0. The number of alkyl halides is 3. The van der Waals surface area contributed by atoms with Crippen LogP contribution in [-0.4, -0.2) is 22.2 Å². The van der Waals surface area contributed by atoms with Crippen molar-refractivity contribution >= 4 is 18.0 Å². The lowest BCUT2D eigenvalue weighted by atomic mass is 10.4. The predicted octanol–water partition coefficient (Wildman–Crippen LogP) is 1.79. The molecule has 0 atom stereocenters. The van der Waals surface area contributed by atoms with Gasteiger partial charge in [0.05, 0.1) is 5.75 Å². The molecular weight excluding hydrogens is 217 g/mol. The van der Waals surface area contributed by atoms with Crippen LogP contribution in [0.5, 0.6) is 0 Å². The summed E-state index contributed by atoms with van der Waals surface area (Å²) in [5.74, 6) is 0.153. The fourth-order valence-electron chi connectivity index (χ4n) is 0.668. The SMILES string of the molecule is O=CCSc1ccc(C(F)(F)F)nn1. The van der Waals surface area contributed by atoms with E-state index in [0.29, 0.717) is 11.3 Å². The number of aromatic nitrogens is 2. The lowest BCUT2D eigenvalue weighted by molar-refractivity contribution is -0.141. The fourth-order valence-corrected chi connectivity index (χ4v) is 1.17. The molecule has 0 amide bonds. The lowest BCUT2D eigenvalue weighted by Crippen LogP contribution is -2.08. The first-order valence-electron chi connectivity index (χ1n) is 3.51. The highest BCUT2D eigenvalue weighted by molar-refractivity contribution is 7.99. The summed E-state index contributed by atoms with van der Waals surface area (Å²) in [7, 11) is 0. The minimum Gasteiger partial charge on any atom is -0.302 e. The molecule has 0 saturated carbocycles. The highest BCUT2D eigenvalue weighted by atomic mass is 32.2. The molecule has 0 bridgehead atoms. The average Bonchev–Trinajstić information content (AvgIpc) is 2.14. The highest BCUT2D eigenvalue weighted by Gasteiger charge is 2.32. The number of carbonyl (C=O) groups excluding carboxylic acids is 1. The topological polar surface area (TPSA) is 42.9 Å². The second-order valence-electron chi connectivity index (χ2n) is 2.23. The van der Waals surface area contributed by atoms with E-state index in [1.165, 1.54) is 6.07 Å². The zero-order valence-electron chi connectivity index (χ0n) is 6.78. The average molecular weight is 222 g/mol. The Kier molecular flexibility index (Phi) is 3.45. The Morgan fingerprint density at radius 3 is 2.50 bits per heavy atom. The van der Waals surface area contributed by atoms with Crippen molar-refractivity contribution in [1.82, 2.24) is 10.2 Å². The number of hydrogen-bond donors (Lipinski definition) is 0. The normalized spacial score (nSPS) is 11.4. The molecule has 0 aromatic carbocycles. The van der Waals surface area contributed by atoms with Crippen LogP contribution >= 0.6 is 11.8 Å². The van der Waals surface area contributed by atoms with Gasteiger partial charge in [0.1, 0.15) is 11.3 Å². The van der Waals surface area contributed by atoms with Crippen LogP contribution in [0.25, 0.3) is 0 Å². The predicted molar refractivity (Wildman–Crippen MR) is 43.8 cm³/mol. The molecule has 1 heterocycles. The van der Waals surface area contributed by atoms with Gasteiger partial charge in [0.2, 0.25) is 0 Å². The highest BCUT2D eigenvalue weighted by Crippen LogP contribution is 2.27. The van der Waals surface area contributed by atoms with Gasteiger partial charge in [-0.3, -0.25) is 0 Å². The van der Waals surface area contributed by atoms with E-state index in [2.05, 4.69) is 10.2 Å². The summed E-state index contributed by atoms with van der Waals surface area (Å²) in [5.41, 5.74) is -1.03. The van der Waals surface area contributed by atoms with Crippen molar-refractivity contribution in [2.75, 3.05) is 5.75 Å². The molecule has 7 heteroatoms. The van der Waals surface area contributed by atoms with Crippen LogP contribution in [0.2, 0.25) is 0 Å². The van der Waals surface area contributed by atoms with Gasteiger partial charge in [-0.05, 0) is 12.1 Å². The van der Waals surface area contributed by atoms with Gasteiger partial charge < -0.3 is 4.79 Å². The molecule has 76 valence electrons. The molecule has 0 spiro atoms. The third-order valence-electron chi connectivity index (χ3n) is 1.23. The first-order chi connectivity index (χ1) is 6.54. The molecule has 1 rings (SSSR count). The van der Waals surface area contributed by atoms with Gasteiger partial charge in [-0.2, -0.15) is 13.2 Å². The van der Waals surface area contributed by atoms with Crippen LogP contribution in [-0.2, 0) is 11.0 Å². The molecule has 0 aliphatic carbocycles. The maximum Gasteiger partial charge on any atom is 0.435 e. The fraction of sp³-hybridized carbons (Fsp3) is 0.286. The van der Waals surface area contributed by atoms with Crippen LogP contribution in [0.15, 0.2) is 17.2 Å². The van der Waals surface area contributed by atoms with Gasteiger partial charge in [-0.1, -0.05) is 11.8 Å². The number of nitrogens with zero attached hydrogens (tertiary/aromatic N) is 2. The first kappa shape index (κ1) is 11.0. The van der Waals surface area contributed by atoms with Crippen molar-refractivity contribution in [3.05, 3.63) is 17.8 Å². The van der Waals surface area contributed by atoms with Gasteiger partial charge in [0.15, 0.2) is 5.69 Å². The zero-order chi connectivity index (χ0) is 10.6. The minimum absolute atomic E-state index is 0.153. The molecule has 14 heavy (non-hydrogen) atoms. The second-order valence-corrected chi connectivity index (χ2v) is 3.27. The molecule has 1 aromatic rings. The molecule has 0 radical (unpaired) electrons. The summed E-state index contributed by atoms with van der Waals surface area (Å²) in [6, 6.07) is 2.02. The second kappa shape index (κ2) is 4.41. The van der Waals surface area contributed by atoms with E-state index < -0.39 is 11.9 Å². The van der Waals surface area contributed by atoms with Crippen molar-refractivity contribution in [3.63, 3.8) is 0 Å². The smallest absolute Gasteiger partial charge is 0.302 e. The Bertz CT molecular complexity index is 312. The maximum atomic E-state index is 12.0. The van der Waals surface area contributed by atoms with E-state index in [1.54, 1.807) is 0 Å². The molecule has 1 aromatic heterocycles. The molecule has 3 nitrogen and oxygen atoms in total. The largest absolute Gasteiger partial charge is 0.435 e. The van der Waals surface area contributed by atoms with Crippen LogP contribution in [0, 0.1) is 0 Å². The van der Waals surface area contributed by atoms with E-state index in [0.717, 1.165) is 17.8 Å². The van der Waals surface area contributed by atoms with Crippen molar-refractivity contribution in [2.45, 2.75) is 11.2 Å². The van der Waals surface area contributed by atoms with Crippen molar-refractivity contribution in [3.8, 4) is 0 Å². The summed E-state index contributed by atoms with van der Waals surface area (Å²) >= 11 is 1.03. The van der Waals surface area contributed by atoms with Gasteiger partial charge in [-0.15, -0.1) is 10.2 Å². The quantitative estimate of drug-likeness (QED) is 0.577. The number of rotatable bonds is 3. The third kappa shape index (κ3) is 2.99. The summed E-state index contributed by atoms with van der Waals surface area (Å²) in [4.78, 5) is 9.96. The summed E-state index contributed by atoms with van der Waals surface area (Å²) in [5, 5.41) is 6.60. The summed E-state index contributed by atoms with van der Waals surface area (Å²) in [6.07, 6.45) is -3.83. The van der Waals surface area contributed by atoms with Gasteiger partial charge in [-0.25, -0.2) is 0 Å². The molecule has 0 aliphatic heterocycles. The molecule has 0 N–H and O–H groups in total. The summed E-state index contributed by atoms with van der Waals surface area (Å²) < 4.78 is 36.0. The standard InChI is InChI=1S/C7H5F3N2OS/c8-7(9,10)5-1-2-6(12-11-5)14-4-3-13/h1-3H,4H2. The van der Waals surface area contributed by atoms with E-state index in [1.807, 2.05) is 0 Å². The monoisotopic (exact) mass is 222 g/mol. The number of thioether (sulfide) groups is 1. The van der Waals surface area contributed by atoms with E-state index >= 15 is 0 Å². The van der Waals surface area contributed by atoms with Gasteiger partial charge >= 0.3 is 6.18 Å². The van der Waals surface area contributed by atoms with Crippen LogP contribution in [0.3, 0.4) is 0 Å². The Hall–Kier alpha value is -1.11. The number of aldehydes is 1. The first-order valence-corrected chi connectivity index (χ1v) is 4.50. The Balaban J connectivity index is 2.73. The third-order valence-corrected chi connectivity index (χ3v) is 2.05. The van der Waals surface area contributed by atoms with Crippen molar-refractivity contribution < 1.29 is 18.0 Å². The number of hydrogen-bond acceptors (Lipinski definition) is 4. The van der Waals surface area contributed by atoms with Crippen molar-refractivity contribution in [2.24, 2.45) is 0 Å². The number of halogens is 3. The molecule has 0 saturated heterocycles. The molecule has 0 unspecified atom stereocenters. The summed E-state index contributed by atoms with van der Waals surface area (Å²) in [6.45, 7) is 0. The van der Waals surface area contributed by atoms with E-state index in [9.17, 15) is 18.0 Å². The van der Waals surface area contributed by atoms with Gasteiger partial charge in [0, 0.05) is 0 Å². The van der Waals surface area contributed by atoms with Crippen LogP contribution < -0.4 is 0 Å². The minimum atomic E-state index is -4.47. The van der Waals surface area contributed by atoms with Gasteiger partial charge in [0.25, 0.3) is 0 Å². The Labute approximate surface area is 81.7 Å². The molecular formula is C7H5F3N2OS. The van der Waals surface area contributed by atoms with Crippen molar-refractivity contribution in [1.29, 1.82) is 0 Å². The van der Waals surface area contributed by atoms with E-state index in [4.69, 9.17) is 0 Å².